The molecule has 6 aromatic carbocycles. The third-order valence-corrected chi connectivity index (χ3v) is 14.2. The lowest BCUT2D eigenvalue weighted by Gasteiger charge is -2.41. The lowest BCUT2D eigenvalue weighted by atomic mass is 9.34. The van der Waals surface area contributed by atoms with E-state index in [2.05, 4.69) is 162 Å². The van der Waals surface area contributed by atoms with Gasteiger partial charge < -0.3 is 14.0 Å². The van der Waals surface area contributed by atoms with Crippen molar-refractivity contribution in [2.24, 2.45) is 0 Å². The monoisotopic (exact) mass is 727 g/mol. The average Bonchev–Trinajstić information content (AvgIpc) is 3.99. The average molecular weight is 728 g/mol. The third kappa shape index (κ3) is 4.48. The summed E-state index contributed by atoms with van der Waals surface area (Å²) in [4.78, 5) is 5.34. The minimum atomic E-state index is 0.0696. The van der Waals surface area contributed by atoms with Gasteiger partial charge in [0.15, 0.2) is 0 Å². The van der Waals surface area contributed by atoms with Crippen LogP contribution in [0.2, 0.25) is 0 Å². The van der Waals surface area contributed by atoms with Gasteiger partial charge >= 0.3 is 0 Å². The van der Waals surface area contributed by atoms with Crippen molar-refractivity contribution in [3.63, 3.8) is 0 Å². The third-order valence-electron chi connectivity index (χ3n) is 13.0. The summed E-state index contributed by atoms with van der Waals surface area (Å²) in [6.45, 7) is 7.03. The highest BCUT2D eigenvalue weighted by Crippen LogP contribution is 2.47. The highest BCUT2D eigenvalue weighted by Gasteiger charge is 2.43. The minimum absolute atomic E-state index is 0.0696. The highest BCUT2D eigenvalue weighted by atomic mass is 32.2. The van der Waals surface area contributed by atoms with E-state index in [9.17, 15) is 0 Å². The van der Waals surface area contributed by atoms with Crippen LogP contribution in [0.1, 0.15) is 61.7 Å². The van der Waals surface area contributed by atoms with Crippen molar-refractivity contribution in [3.8, 4) is 11.4 Å². The molecule has 0 saturated heterocycles. The van der Waals surface area contributed by atoms with Gasteiger partial charge in [-0.2, -0.15) is 0 Å². The predicted octanol–water partition coefficient (Wildman–Crippen LogP) is 10.6. The molecule has 0 amide bonds. The van der Waals surface area contributed by atoms with Crippen molar-refractivity contribution < 1.29 is 0 Å². The normalized spacial score (nSPS) is 15.3. The molecular formula is C50H42BN3S. The lowest BCUT2D eigenvalue weighted by molar-refractivity contribution is 0.590. The summed E-state index contributed by atoms with van der Waals surface area (Å²) >= 11 is 1.93. The summed E-state index contributed by atoms with van der Waals surface area (Å²) in [5, 5.41) is 2.81. The van der Waals surface area contributed by atoms with Crippen LogP contribution in [0.4, 0.5) is 17.1 Å². The van der Waals surface area contributed by atoms with Crippen LogP contribution in [-0.4, -0.2) is 15.8 Å². The molecule has 0 bridgehead atoms. The molecule has 266 valence electrons. The Balaban J connectivity index is 1.25. The van der Waals surface area contributed by atoms with Gasteiger partial charge in [-0.25, -0.2) is 0 Å². The first-order valence-electron chi connectivity index (χ1n) is 20.2. The predicted molar refractivity (Wildman–Crippen MR) is 233 cm³/mol. The summed E-state index contributed by atoms with van der Waals surface area (Å²) in [6, 6.07) is 49.1. The summed E-state index contributed by atoms with van der Waals surface area (Å²) < 4.78 is 5.32. The first-order chi connectivity index (χ1) is 26.9. The van der Waals surface area contributed by atoms with Crippen molar-refractivity contribution >= 4 is 73.7 Å². The van der Waals surface area contributed by atoms with E-state index in [-0.39, 0.29) is 12.1 Å². The number of benzene rings is 6. The van der Waals surface area contributed by atoms with Gasteiger partial charge in [-0.05, 0) is 126 Å². The fourth-order valence-corrected chi connectivity index (χ4v) is 11.8. The summed E-state index contributed by atoms with van der Waals surface area (Å²) in [6.07, 6.45) is 6.90. The van der Waals surface area contributed by atoms with E-state index in [1.165, 1.54) is 117 Å². The maximum Gasteiger partial charge on any atom is 0.249 e. The zero-order valence-electron chi connectivity index (χ0n) is 31.7. The van der Waals surface area contributed by atoms with Crippen molar-refractivity contribution in [2.75, 3.05) is 4.90 Å². The molecule has 4 heterocycles. The summed E-state index contributed by atoms with van der Waals surface area (Å²) in [5.74, 6) is 0. The molecule has 5 heteroatoms. The van der Waals surface area contributed by atoms with Crippen molar-refractivity contribution in [2.45, 2.75) is 74.5 Å². The Morgan fingerprint density at radius 2 is 1.18 bits per heavy atom. The van der Waals surface area contributed by atoms with Crippen LogP contribution < -0.4 is 21.3 Å². The van der Waals surface area contributed by atoms with Crippen LogP contribution in [0.5, 0.6) is 0 Å². The Labute approximate surface area is 327 Å². The Hall–Kier alpha value is -5.39. The minimum Gasteiger partial charge on any atom is -0.313 e. The smallest absolute Gasteiger partial charge is 0.249 e. The second-order valence-electron chi connectivity index (χ2n) is 17.1. The van der Waals surface area contributed by atoms with E-state index in [0.29, 0.717) is 0 Å². The molecule has 3 nitrogen and oxygen atoms in total. The molecule has 12 rings (SSSR count). The molecular weight excluding hydrogens is 685 g/mol. The van der Waals surface area contributed by atoms with Gasteiger partial charge in [-0.1, -0.05) is 111 Å². The highest BCUT2D eigenvalue weighted by molar-refractivity contribution is 8.00. The molecule has 2 aliphatic carbocycles. The zero-order chi connectivity index (χ0) is 36.6. The largest absolute Gasteiger partial charge is 0.313 e. The van der Waals surface area contributed by atoms with E-state index >= 15 is 0 Å². The number of aromatic nitrogens is 2. The maximum absolute atomic E-state index is 2.68. The number of hydrogen-bond acceptors (Lipinski definition) is 2. The molecule has 0 saturated carbocycles. The molecule has 8 aromatic rings. The topological polar surface area (TPSA) is 13.1 Å². The number of rotatable bonds is 3. The molecule has 2 aliphatic heterocycles. The quantitative estimate of drug-likeness (QED) is 0.168. The van der Waals surface area contributed by atoms with Crippen molar-refractivity contribution in [1.82, 2.24) is 9.13 Å². The number of fused-ring (bicyclic) bond motifs is 10. The van der Waals surface area contributed by atoms with E-state index in [4.69, 9.17) is 0 Å². The van der Waals surface area contributed by atoms with Gasteiger partial charge in [-0.15, -0.1) is 0 Å². The van der Waals surface area contributed by atoms with Gasteiger partial charge in [0.25, 0.3) is 0 Å². The van der Waals surface area contributed by atoms with Crippen LogP contribution >= 0.6 is 11.8 Å². The van der Waals surface area contributed by atoms with Gasteiger partial charge in [0, 0.05) is 49.0 Å². The van der Waals surface area contributed by atoms with Crippen LogP contribution in [0.25, 0.3) is 33.2 Å². The number of hydrogen-bond donors (Lipinski definition) is 0. The van der Waals surface area contributed by atoms with Gasteiger partial charge in [0.1, 0.15) is 0 Å². The van der Waals surface area contributed by atoms with E-state index in [0.717, 1.165) is 25.7 Å². The molecule has 0 atom stereocenters. The number of anilines is 3. The molecule has 2 aromatic heterocycles. The Bertz CT molecular complexity index is 2910. The number of nitrogens with zero attached hydrogens (tertiary/aromatic N) is 3. The number of aryl methyl sites for hydroxylation is 2. The Morgan fingerprint density at radius 1 is 0.545 bits per heavy atom. The van der Waals surface area contributed by atoms with E-state index < -0.39 is 0 Å². The van der Waals surface area contributed by atoms with Crippen molar-refractivity contribution in [1.29, 1.82) is 0 Å². The van der Waals surface area contributed by atoms with Crippen LogP contribution in [-0.2, 0) is 31.1 Å². The molecule has 0 spiro atoms. The van der Waals surface area contributed by atoms with Crippen LogP contribution in [0.3, 0.4) is 0 Å². The molecule has 0 unspecified atom stereocenters. The first-order valence-corrected chi connectivity index (χ1v) is 21.0. The van der Waals surface area contributed by atoms with Gasteiger partial charge in [-0.3, -0.25) is 0 Å². The number of para-hydroxylation sites is 2. The Morgan fingerprint density at radius 3 is 1.91 bits per heavy atom. The Kier molecular flexibility index (Phi) is 6.71. The summed E-state index contributed by atoms with van der Waals surface area (Å²) in [5.41, 5.74) is 20.7. The van der Waals surface area contributed by atoms with Crippen molar-refractivity contribution in [3.05, 3.63) is 155 Å². The molecule has 4 aliphatic rings. The standard InChI is InChI=1S/C50H42BN3S/c1-50(2,3)31-25-27-32(28-26-31)53-44-22-12-24-47-48(44)51(38-17-6-9-23-46(38)55-47)39-29-33(52-40-18-7-4-13-34(40)36-15-10-20-41(36)52)30-45(49(39)53)54-42-19-8-5-14-35(42)37-16-11-21-43(37)54/h4-9,12-14,17-19,22-30H,10-11,15-16,20-21H2,1-3H3. The van der Waals surface area contributed by atoms with Gasteiger partial charge in [0.05, 0.1) is 22.4 Å². The fourth-order valence-electron chi connectivity index (χ4n) is 10.6. The lowest BCUT2D eigenvalue weighted by Crippen LogP contribution is -2.60. The zero-order valence-corrected chi connectivity index (χ0v) is 32.5. The SMILES string of the molecule is CC(C)(C)c1ccc(N2c3cccc4c3B(c3ccccc3S4)c3cc(-n4c5c(c6ccccc64)CCC5)cc(-n4c5c(c6ccccc64)CCC5)c32)cc1. The molecule has 0 radical (unpaired) electrons. The van der Waals surface area contributed by atoms with Crippen LogP contribution in [0.15, 0.2) is 137 Å². The van der Waals surface area contributed by atoms with Crippen LogP contribution in [0, 0.1) is 0 Å². The first kappa shape index (κ1) is 31.9. The van der Waals surface area contributed by atoms with E-state index in [1.807, 2.05) is 11.8 Å². The van der Waals surface area contributed by atoms with Gasteiger partial charge in [0.2, 0.25) is 6.71 Å². The molecule has 55 heavy (non-hydrogen) atoms. The second-order valence-corrected chi connectivity index (χ2v) is 18.1. The fraction of sp³-hybridized carbons (Fsp3) is 0.200. The second kappa shape index (κ2) is 11.6. The molecule has 0 N–H and O–H groups in total. The summed E-state index contributed by atoms with van der Waals surface area (Å²) in [7, 11) is 0. The maximum atomic E-state index is 2.68. The molecule has 0 fully saturated rings. The van der Waals surface area contributed by atoms with E-state index in [1.54, 1.807) is 0 Å².